The maximum atomic E-state index is 6.08. The van der Waals surface area contributed by atoms with Gasteiger partial charge in [-0.25, -0.2) is 0 Å². The summed E-state index contributed by atoms with van der Waals surface area (Å²) in [5.74, 6) is 5.58. The van der Waals surface area contributed by atoms with Crippen LogP contribution in [0.15, 0.2) is 36.0 Å². The lowest BCUT2D eigenvalue weighted by molar-refractivity contribution is 0.525. The van der Waals surface area contributed by atoms with E-state index in [0.29, 0.717) is 5.02 Å². The van der Waals surface area contributed by atoms with Crippen LogP contribution in [0.3, 0.4) is 0 Å². The number of nitrogens with two attached hydrogens (primary N) is 1. The third kappa shape index (κ3) is 3.51. The van der Waals surface area contributed by atoms with Gasteiger partial charge in [-0.2, -0.15) is 0 Å². The molecule has 0 aliphatic carbocycles. The van der Waals surface area contributed by atoms with Crippen molar-refractivity contribution in [2.45, 2.75) is 18.9 Å². The van der Waals surface area contributed by atoms with Crippen LogP contribution in [0.2, 0.25) is 5.02 Å². The molecule has 3 N–H and O–H groups in total. The van der Waals surface area contributed by atoms with E-state index in [4.69, 9.17) is 17.4 Å². The van der Waals surface area contributed by atoms with Crippen molar-refractivity contribution in [3.8, 4) is 0 Å². The van der Waals surface area contributed by atoms with E-state index in [0.717, 1.165) is 18.4 Å². The van der Waals surface area contributed by atoms with Crippen LogP contribution in [0.1, 0.15) is 10.4 Å². The number of thiophene rings is 1. The van der Waals surface area contributed by atoms with E-state index < -0.39 is 0 Å². The minimum Gasteiger partial charge on any atom is -0.271 e. The largest absolute Gasteiger partial charge is 0.271 e. The number of rotatable bonds is 5. The van der Waals surface area contributed by atoms with E-state index in [9.17, 15) is 0 Å². The van der Waals surface area contributed by atoms with Crippen LogP contribution in [0, 0.1) is 0 Å². The van der Waals surface area contributed by atoms with E-state index in [1.807, 2.05) is 12.1 Å². The Labute approximate surface area is 110 Å². The molecule has 2 aromatic heterocycles. The molecule has 0 saturated heterocycles. The van der Waals surface area contributed by atoms with Gasteiger partial charge in [0.1, 0.15) is 0 Å². The molecular formula is C12H14ClN3S. The average Bonchev–Trinajstić information content (AvgIpc) is 2.84. The van der Waals surface area contributed by atoms with E-state index in [-0.39, 0.29) is 6.04 Å². The second-order valence-electron chi connectivity index (χ2n) is 3.82. The van der Waals surface area contributed by atoms with Gasteiger partial charge < -0.3 is 0 Å². The van der Waals surface area contributed by atoms with Gasteiger partial charge in [-0.3, -0.25) is 16.3 Å². The van der Waals surface area contributed by atoms with E-state index in [1.54, 1.807) is 23.7 Å². The Morgan fingerprint density at radius 1 is 1.41 bits per heavy atom. The van der Waals surface area contributed by atoms with Gasteiger partial charge in [-0.05, 0) is 35.9 Å². The van der Waals surface area contributed by atoms with E-state index in [2.05, 4.69) is 21.9 Å². The molecule has 0 saturated carbocycles. The number of aromatic nitrogens is 1. The van der Waals surface area contributed by atoms with Gasteiger partial charge in [-0.15, -0.1) is 11.3 Å². The quantitative estimate of drug-likeness (QED) is 0.646. The molecule has 3 nitrogen and oxygen atoms in total. The molecule has 5 heteroatoms. The van der Waals surface area contributed by atoms with Crippen LogP contribution in [0.25, 0.3) is 0 Å². The predicted molar refractivity (Wildman–Crippen MR) is 72.1 cm³/mol. The van der Waals surface area contributed by atoms with Crippen molar-refractivity contribution in [3.63, 3.8) is 0 Å². The number of nitrogens with zero attached hydrogens (tertiary/aromatic N) is 1. The Balaban J connectivity index is 2.03. The molecule has 0 spiro atoms. The molecule has 2 rings (SSSR count). The first-order valence-corrected chi connectivity index (χ1v) is 6.62. The number of hydrogen-bond donors (Lipinski definition) is 2. The van der Waals surface area contributed by atoms with Crippen molar-refractivity contribution < 1.29 is 0 Å². The number of nitrogens with one attached hydrogen (secondary N) is 1. The van der Waals surface area contributed by atoms with Crippen molar-refractivity contribution >= 4 is 22.9 Å². The fourth-order valence-electron chi connectivity index (χ4n) is 1.70. The third-order valence-electron chi connectivity index (χ3n) is 2.59. The summed E-state index contributed by atoms with van der Waals surface area (Å²) in [6.45, 7) is 0. The molecule has 1 atom stereocenters. The highest BCUT2D eigenvalue weighted by Crippen LogP contribution is 2.18. The maximum absolute atomic E-state index is 6.08. The van der Waals surface area contributed by atoms with E-state index in [1.165, 1.54) is 4.88 Å². The normalized spacial score (nSPS) is 12.6. The Morgan fingerprint density at radius 3 is 2.94 bits per heavy atom. The monoisotopic (exact) mass is 267 g/mol. The van der Waals surface area contributed by atoms with Gasteiger partial charge in [0.05, 0.1) is 5.02 Å². The molecule has 1 unspecified atom stereocenters. The average molecular weight is 268 g/mol. The lowest BCUT2D eigenvalue weighted by atomic mass is 10.0. The van der Waals surface area contributed by atoms with Gasteiger partial charge in [0.15, 0.2) is 0 Å². The molecule has 0 aliphatic rings. The van der Waals surface area contributed by atoms with Crippen LogP contribution in [0.5, 0.6) is 0 Å². The summed E-state index contributed by atoms with van der Waals surface area (Å²) in [6.07, 6.45) is 5.12. The Kier molecular flexibility index (Phi) is 4.50. The van der Waals surface area contributed by atoms with Crippen LogP contribution >= 0.6 is 22.9 Å². The summed E-state index contributed by atoms with van der Waals surface area (Å²) in [5.41, 5.74) is 3.91. The maximum Gasteiger partial charge on any atom is 0.0621 e. The van der Waals surface area contributed by atoms with Crippen molar-refractivity contribution in [1.82, 2.24) is 10.4 Å². The van der Waals surface area contributed by atoms with Crippen LogP contribution < -0.4 is 11.3 Å². The van der Waals surface area contributed by atoms with Gasteiger partial charge in [0.25, 0.3) is 0 Å². The highest BCUT2D eigenvalue weighted by atomic mass is 35.5. The summed E-state index contributed by atoms with van der Waals surface area (Å²) in [7, 11) is 0. The number of pyridine rings is 1. The highest BCUT2D eigenvalue weighted by molar-refractivity contribution is 7.09. The Bertz CT molecular complexity index is 459. The zero-order valence-electron chi connectivity index (χ0n) is 9.27. The lowest BCUT2D eigenvalue weighted by Crippen LogP contribution is -2.38. The van der Waals surface area contributed by atoms with Gasteiger partial charge >= 0.3 is 0 Å². The zero-order chi connectivity index (χ0) is 12.1. The van der Waals surface area contributed by atoms with E-state index >= 15 is 0 Å². The predicted octanol–water partition coefficient (Wildman–Crippen LogP) is 2.41. The highest BCUT2D eigenvalue weighted by Gasteiger charge is 2.11. The second kappa shape index (κ2) is 6.12. The van der Waals surface area contributed by atoms with Crippen LogP contribution in [-0.2, 0) is 12.8 Å². The summed E-state index contributed by atoms with van der Waals surface area (Å²) in [4.78, 5) is 5.29. The molecule has 0 bridgehead atoms. The minimum atomic E-state index is 0.188. The first-order chi connectivity index (χ1) is 8.29. The molecular weight excluding hydrogens is 254 g/mol. The molecule has 90 valence electrons. The van der Waals surface area contributed by atoms with Crippen molar-refractivity contribution in [1.29, 1.82) is 0 Å². The van der Waals surface area contributed by atoms with Crippen LogP contribution in [-0.4, -0.2) is 11.0 Å². The molecule has 2 heterocycles. The molecule has 0 amide bonds. The smallest absolute Gasteiger partial charge is 0.0621 e. The standard InChI is InChI=1S/C12H14ClN3S/c13-12-8-15-4-3-9(12)6-10(16-14)7-11-2-1-5-17-11/h1-5,8,10,16H,6-7,14H2. The SMILES string of the molecule is NNC(Cc1cccs1)Cc1ccncc1Cl. The lowest BCUT2D eigenvalue weighted by Gasteiger charge is -2.15. The molecule has 0 aromatic carbocycles. The second-order valence-corrected chi connectivity index (χ2v) is 5.26. The summed E-state index contributed by atoms with van der Waals surface area (Å²) in [6, 6.07) is 6.28. The summed E-state index contributed by atoms with van der Waals surface area (Å²) >= 11 is 7.82. The fraction of sp³-hybridized carbons (Fsp3) is 0.250. The molecule has 0 radical (unpaired) electrons. The molecule has 0 aliphatic heterocycles. The van der Waals surface area contributed by atoms with Gasteiger partial charge in [-0.1, -0.05) is 17.7 Å². The van der Waals surface area contributed by atoms with Crippen molar-refractivity contribution in [2.75, 3.05) is 0 Å². The first-order valence-electron chi connectivity index (χ1n) is 5.36. The topological polar surface area (TPSA) is 50.9 Å². The fourth-order valence-corrected chi connectivity index (χ4v) is 2.68. The zero-order valence-corrected chi connectivity index (χ0v) is 10.8. The number of hydrogen-bond acceptors (Lipinski definition) is 4. The van der Waals surface area contributed by atoms with Crippen molar-refractivity contribution in [2.24, 2.45) is 5.84 Å². The van der Waals surface area contributed by atoms with Crippen molar-refractivity contribution in [3.05, 3.63) is 51.4 Å². The Morgan fingerprint density at radius 2 is 2.29 bits per heavy atom. The summed E-state index contributed by atoms with van der Waals surface area (Å²) in [5, 5.41) is 2.77. The minimum absolute atomic E-state index is 0.188. The molecule has 17 heavy (non-hydrogen) atoms. The Hall–Kier alpha value is -0.940. The third-order valence-corrected chi connectivity index (χ3v) is 3.83. The summed E-state index contributed by atoms with van der Waals surface area (Å²) < 4.78 is 0. The van der Waals surface area contributed by atoms with Crippen LogP contribution in [0.4, 0.5) is 0 Å². The first kappa shape index (κ1) is 12.5. The molecule has 0 fully saturated rings. The molecule has 2 aromatic rings. The number of hydrazine groups is 1. The van der Waals surface area contributed by atoms with Gasteiger partial charge in [0, 0.05) is 23.3 Å². The van der Waals surface area contributed by atoms with Gasteiger partial charge in [0.2, 0.25) is 0 Å². The number of halogens is 1.